The molecule has 0 unspecified atom stereocenters. The van der Waals surface area contributed by atoms with E-state index in [9.17, 15) is 8.78 Å². The van der Waals surface area contributed by atoms with E-state index in [4.69, 9.17) is 9.31 Å². The molecular weight excluding hydrogens is 315 g/mol. The summed E-state index contributed by atoms with van der Waals surface area (Å²) in [5, 5.41) is 4.46. The van der Waals surface area contributed by atoms with Crippen LogP contribution in [0.2, 0.25) is 0 Å². The fourth-order valence-corrected chi connectivity index (χ4v) is 3.21. The largest absolute Gasteiger partial charge is 0.498 e. The fourth-order valence-electron chi connectivity index (χ4n) is 3.21. The molecule has 1 aromatic rings. The summed E-state index contributed by atoms with van der Waals surface area (Å²) >= 11 is 0. The van der Waals surface area contributed by atoms with Crippen LogP contribution in [0, 0.1) is 0 Å². The Labute approximate surface area is 142 Å². The molecule has 2 aliphatic heterocycles. The summed E-state index contributed by atoms with van der Waals surface area (Å²) < 4.78 is 38.9. The van der Waals surface area contributed by atoms with Crippen LogP contribution in [0.1, 0.15) is 46.6 Å². The van der Waals surface area contributed by atoms with Crippen molar-refractivity contribution in [2.75, 3.05) is 19.6 Å². The first-order valence-corrected chi connectivity index (χ1v) is 8.58. The Morgan fingerprint density at radius 1 is 1.21 bits per heavy atom. The van der Waals surface area contributed by atoms with Gasteiger partial charge in [-0.1, -0.05) is 0 Å². The first-order valence-electron chi connectivity index (χ1n) is 8.58. The van der Waals surface area contributed by atoms with Crippen LogP contribution in [0.5, 0.6) is 0 Å². The number of alkyl halides is 2. The van der Waals surface area contributed by atoms with Gasteiger partial charge in [-0.05, 0) is 40.5 Å². The third kappa shape index (κ3) is 3.50. The van der Waals surface area contributed by atoms with E-state index in [-0.39, 0.29) is 23.8 Å². The summed E-state index contributed by atoms with van der Waals surface area (Å²) in [6, 6.07) is 0.245. The second-order valence-electron chi connectivity index (χ2n) is 7.76. The average Bonchev–Trinajstić information content (AvgIpc) is 3.03. The second kappa shape index (κ2) is 6.39. The predicted molar refractivity (Wildman–Crippen MR) is 88.7 cm³/mol. The van der Waals surface area contributed by atoms with Crippen molar-refractivity contribution in [3.05, 3.63) is 12.4 Å². The Kier molecular flexibility index (Phi) is 4.74. The number of hydrogen-bond acceptors (Lipinski definition) is 4. The Hall–Kier alpha value is -0.985. The summed E-state index contributed by atoms with van der Waals surface area (Å²) in [5.41, 5.74) is 0.157. The molecule has 24 heavy (non-hydrogen) atoms. The molecule has 0 bridgehead atoms. The highest BCUT2D eigenvalue weighted by Crippen LogP contribution is 2.36. The van der Waals surface area contributed by atoms with E-state index < -0.39 is 13.5 Å². The number of rotatable bonds is 4. The number of nitrogens with zero attached hydrogens (tertiary/aromatic N) is 3. The van der Waals surface area contributed by atoms with Crippen molar-refractivity contribution < 1.29 is 18.1 Å². The molecule has 0 amide bonds. The second-order valence-corrected chi connectivity index (χ2v) is 7.76. The minimum absolute atomic E-state index is 0.134. The molecular formula is C16H26BF2N3O2. The lowest BCUT2D eigenvalue weighted by molar-refractivity contribution is 0.00578. The van der Waals surface area contributed by atoms with E-state index in [2.05, 4.69) is 5.10 Å². The molecule has 0 saturated carbocycles. The Morgan fingerprint density at radius 2 is 1.79 bits per heavy atom. The Bertz CT molecular complexity index is 555. The molecule has 2 aliphatic rings. The predicted octanol–water partition coefficient (Wildman–Crippen LogP) is 2.08. The molecule has 0 radical (unpaired) electrons. The van der Waals surface area contributed by atoms with E-state index in [1.807, 2.05) is 43.5 Å². The van der Waals surface area contributed by atoms with Gasteiger partial charge in [-0.3, -0.25) is 9.58 Å². The van der Waals surface area contributed by atoms with Gasteiger partial charge < -0.3 is 9.31 Å². The summed E-state index contributed by atoms with van der Waals surface area (Å²) in [4.78, 5) is 1.82. The SMILES string of the molecule is CC1(C)OB(c2cnn(C3CCN(CC(F)F)CC3)c2)OC1(C)C. The van der Waals surface area contributed by atoms with Crippen LogP contribution in [0.3, 0.4) is 0 Å². The molecule has 5 nitrogen and oxygen atoms in total. The van der Waals surface area contributed by atoms with Crippen LogP contribution in [0.4, 0.5) is 8.78 Å². The molecule has 1 aromatic heterocycles. The fraction of sp³-hybridized carbons (Fsp3) is 0.812. The number of likely N-dealkylation sites (tertiary alicyclic amines) is 1. The quantitative estimate of drug-likeness (QED) is 0.787. The Balaban J connectivity index is 1.61. The topological polar surface area (TPSA) is 39.5 Å². The maximum absolute atomic E-state index is 12.5. The van der Waals surface area contributed by atoms with Crippen LogP contribution in [0.15, 0.2) is 12.4 Å². The molecule has 3 heterocycles. The third-order valence-corrected chi connectivity index (χ3v) is 5.47. The lowest BCUT2D eigenvalue weighted by atomic mass is 9.82. The van der Waals surface area contributed by atoms with Crippen molar-refractivity contribution in [2.45, 2.75) is 64.2 Å². The third-order valence-electron chi connectivity index (χ3n) is 5.47. The van der Waals surface area contributed by atoms with E-state index in [0.717, 1.165) is 18.3 Å². The number of aromatic nitrogens is 2. The number of piperidine rings is 1. The van der Waals surface area contributed by atoms with Crippen LogP contribution in [0.25, 0.3) is 0 Å². The van der Waals surface area contributed by atoms with Crippen molar-refractivity contribution in [1.82, 2.24) is 14.7 Å². The van der Waals surface area contributed by atoms with Crippen LogP contribution in [-0.4, -0.2) is 59.1 Å². The number of hydrogen-bond donors (Lipinski definition) is 0. The van der Waals surface area contributed by atoms with Crippen molar-refractivity contribution in [3.63, 3.8) is 0 Å². The van der Waals surface area contributed by atoms with Gasteiger partial charge in [0.2, 0.25) is 0 Å². The van der Waals surface area contributed by atoms with Gasteiger partial charge in [-0.15, -0.1) is 0 Å². The highest BCUT2D eigenvalue weighted by Gasteiger charge is 2.52. The smallest absolute Gasteiger partial charge is 0.399 e. The monoisotopic (exact) mass is 341 g/mol. The molecule has 2 saturated heterocycles. The zero-order valence-electron chi connectivity index (χ0n) is 14.8. The molecule has 0 aromatic carbocycles. The zero-order valence-corrected chi connectivity index (χ0v) is 14.8. The van der Waals surface area contributed by atoms with Crippen LogP contribution in [-0.2, 0) is 9.31 Å². The standard InChI is InChI=1S/C16H26BF2N3O2/c1-15(2)16(3,4)24-17(23-15)12-9-20-22(10-12)13-5-7-21(8-6-13)11-14(18)19/h9-10,13-14H,5-8,11H2,1-4H3. The van der Waals surface area contributed by atoms with Crippen molar-refractivity contribution in [2.24, 2.45) is 0 Å². The normalized spacial score (nSPS) is 24.9. The molecule has 0 spiro atoms. The molecule has 0 aliphatic carbocycles. The van der Waals surface area contributed by atoms with Crippen LogP contribution < -0.4 is 5.46 Å². The molecule has 2 fully saturated rings. The van der Waals surface area contributed by atoms with Gasteiger partial charge in [0.25, 0.3) is 6.43 Å². The van der Waals surface area contributed by atoms with Gasteiger partial charge in [0.05, 0.1) is 23.8 Å². The van der Waals surface area contributed by atoms with Gasteiger partial charge >= 0.3 is 7.12 Å². The maximum atomic E-state index is 12.5. The first kappa shape index (κ1) is 17.8. The number of halogens is 2. The molecule has 8 heteroatoms. The van der Waals surface area contributed by atoms with Gasteiger partial charge in [0, 0.05) is 30.9 Å². The average molecular weight is 341 g/mol. The van der Waals surface area contributed by atoms with Gasteiger partial charge in [-0.2, -0.15) is 5.10 Å². The minimum Gasteiger partial charge on any atom is -0.399 e. The van der Waals surface area contributed by atoms with E-state index in [0.29, 0.717) is 13.1 Å². The van der Waals surface area contributed by atoms with Gasteiger partial charge in [0.15, 0.2) is 0 Å². The molecule has 134 valence electrons. The molecule has 0 N–H and O–H groups in total. The van der Waals surface area contributed by atoms with Crippen molar-refractivity contribution in [3.8, 4) is 0 Å². The summed E-state index contributed by atoms with van der Waals surface area (Å²) in [5.74, 6) is 0. The van der Waals surface area contributed by atoms with E-state index >= 15 is 0 Å². The maximum Gasteiger partial charge on any atom is 0.498 e. The molecule has 0 atom stereocenters. The van der Waals surface area contributed by atoms with E-state index in [1.165, 1.54) is 0 Å². The van der Waals surface area contributed by atoms with Gasteiger partial charge in [0.1, 0.15) is 0 Å². The Morgan fingerprint density at radius 3 is 2.33 bits per heavy atom. The van der Waals surface area contributed by atoms with E-state index in [1.54, 1.807) is 6.20 Å². The minimum atomic E-state index is -2.26. The zero-order chi connectivity index (χ0) is 17.5. The summed E-state index contributed by atoms with van der Waals surface area (Å²) in [7, 11) is -0.414. The first-order chi connectivity index (χ1) is 11.2. The lowest BCUT2D eigenvalue weighted by Crippen LogP contribution is -2.41. The van der Waals surface area contributed by atoms with Crippen LogP contribution >= 0.6 is 0 Å². The van der Waals surface area contributed by atoms with Gasteiger partial charge in [-0.25, -0.2) is 8.78 Å². The van der Waals surface area contributed by atoms with Crippen molar-refractivity contribution in [1.29, 1.82) is 0 Å². The van der Waals surface area contributed by atoms with Crippen molar-refractivity contribution >= 4 is 12.6 Å². The summed E-state index contributed by atoms with van der Waals surface area (Å²) in [6.45, 7) is 9.32. The molecule has 3 rings (SSSR count). The highest BCUT2D eigenvalue weighted by molar-refractivity contribution is 6.61. The lowest BCUT2D eigenvalue weighted by Gasteiger charge is -2.32. The summed E-state index contributed by atoms with van der Waals surface area (Å²) in [6.07, 6.45) is 3.15. The highest BCUT2D eigenvalue weighted by atomic mass is 19.3.